The number of thiazole rings is 1. The zero-order valence-electron chi connectivity index (χ0n) is 14.0. The smallest absolute Gasteiger partial charge is 0.274 e. The van der Waals surface area contributed by atoms with Crippen LogP contribution in [0.2, 0.25) is 0 Å². The fraction of sp³-hybridized carbons (Fsp3) is 0.222. The number of benzene rings is 1. The van der Waals surface area contributed by atoms with Crippen molar-refractivity contribution in [1.82, 2.24) is 19.7 Å². The first-order chi connectivity index (χ1) is 12.7. The van der Waals surface area contributed by atoms with E-state index in [4.69, 9.17) is 0 Å². The zero-order chi connectivity index (χ0) is 17.9. The molecule has 1 fully saturated rings. The number of carbonyl (C=O) groups excluding carboxylic acids is 1. The van der Waals surface area contributed by atoms with Gasteiger partial charge in [-0.15, -0.1) is 11.3 Å². The number of hydrogen-bond donors (Lipinski definition) is 0. The van der Waals surface area contributed by atoms with Crippen LogP contribution in [0.5, 0.6) is 0 Å². The minimum absolute atomic E-state index is 0.159. The van der Waals surface area contributed by atoms with Gasteiger partial charge in [-0.25, -0.2) is 4.98 Å². The molecule has 1 aromatic carbocycles. The standard InChI is InChI=1S/C18H17N5O2S/c24-16-7-6-15(20-23(16)14-4-2-1-3-5-14)17(25)21-9-11-22(12-10-21)18-19-8-13-26-18/h1-8,13H,9-12H2. The monoisotopic (exact) mass is 367 g/mol. The van der Waals surface area contributed by atoms with E-state index in [0.717, 1.165) is 18.2 Å². The van der Waals surface area contributed by atoms with Crippen LogP contribution in [0, 0.1) is 0 Å². The summed E-state index contributed by atoms with van der Waals surface area (Å²) in [5, 5.41) is 7.20. The summed E-state index contributed by atoms with van der Waals surface area (Å²) in [6.07, 6.45) is 1.79. The van der Waals surface area contributed by atoms with Crippen molar-refractivity contribution >= 4 is 22.4 Å². The van der Waals surface area contributed by atoms with Crippen LogP contribution in [0.25, 0.3) is 5.69 Å². The number of carbonyl (C=O) groups is 1. The summed E-state index contributed by atoms with van der Waals surface area (Å²) in [6, 6.07) is 12.0. The number of nitrogens with zero attached hydrogens (tertiary/aromatic N) is 5. The van der Waals surface area contributed by atoms with Crippen molar-refractivity contribution in [1.29, 1.82) is 0 Å². The number of hydrogen-bond acceptors (Lipinski definition) is 6. The van der Waals surface area contributed by atoms with Crippen LogP contribution >= 0.6 is 11.3 Å². The van der Waals surface area contributed by atoms with Gasteiger partial charge in [0.1, 0.15) is 5.69 Å². The first kappa shape index (κ1) is 16.5. The molecule has 0 unspecified atom stereocenters. The highest BCUT2D eigenvalue weighted by Gasteiger charge is 2.24. The maximum absolute atomic E-state index is 12.8. The topological polar surface area (TPSA) is 71.3 Å². The van der Waals surface area contributed by atoms with Gasteiger partial charge in [0.2, 0.25) is 0 Å². The van der Waals surface area contributed by atoms with E-state index in [1.807, 2.05) is 23.6 Å². The van der Waals surface area contributed by atoms with Crippen LogP contribution in [-0.2, 0) is 0 Å². The molecule has 0 spiro atoms. The molecule has 0 saturated carbocycles. The maximum atomic E-state index is 12.8. The molecule has 0 bridgehead atoms. The summed E-state index contributed by atoms with van der Waals surface area (Å²) in [4.78, 5) is 33.2. The lowest BCUT2D eigenvalue weighted by Gasteiger charge is -2.34. The molecule has 3 heterocycles. The quantitative estimate of drug-likeness (QED) is 0.704. The third kappa shape index (κ3) is 3.23. The summed E-state index contributed by atoms with van der Waals surface area (Å²) in [7, 11) is 0. The highest BCUT2D eigenvalue weighted by molar-refractivity contribution is 7.13. The van der Waals surface area contributed by atoms with E-state index in [9.17, 15) is 9.59 Å². The second-order valence-electron chi connectivity index (χ2n) is 5.90. The molecule has 132 valence electrons. The summed E-state index contributed by atoms with van der Waals surface area (Å²) in [5.74, 6) is -0.159. The fourth-order valence-corrected chi connectivity index (χ4v) is 3.61. The van der Waals surface area contributed by atoms with Crippen molar-refractivity contribution in [3.63, 3.8) is 0 Å². The summed E-state index contributed by atoms with van der Waals surface area (Å²) in [6.45, 7) is 2.67. The van der Waals surface area contributed by atoms with Crippen LogP contribution in [0.4, 0.5) is 5.13 Å². The van der Waals surface area contributed by atoms with E-state index in [1.165, 1.54) is 16.8 Å². The molecule has 0 aliphatic carbocycles. The number of piperazine rings is 1. The Morgan fingerprint density at radius 2 is 1.77 bits per heavy atom. The molecule has 1 aliphatic rings. The van der Waals surface area contributed by atoms with Gasteiger partial charge in [-0.2, -0.15) is 9.78 Å². The zero-order valence-corrected chi connectivity index (χ0v) is 14.8. The molecule has 2 aromatic heterocycles. The molecule has 0 N–H and O–H groups in total. The second kappa shape index (κ2) is 7.09. The van der Waals surface area contributed by atoms with Crippen molar-refractivity contribution in [2.45, 2.75) is 0 Å². The SMILES string of the molecule is O=C(c1ccc(=O)n(-c2ccccc2)n1)N1CCN(c2nccs2)CC1. The van der Waals surface area contributed by atoms with Gasteiger partial charge in [0.05, 0.1) is 5.69 Å². The van der Waals surface area contributed by atoms with E-state index in [-0.39, 0.29) is 17.2 Å². The first-order valence-electron chi connectivity index (χ1n) is 8.32. The van der Waals surface area contributed by atoms with Crippen molar-refractivity contribution in [2.75, 3.05) is 31.1 Å². The minimum atomic E-state index is -0.263. The molecule has 1 saturated heterocycles. The van der Waals surface area contributed by atoms with Gasteiger partial charge in [-0.3, -0.25) is 9.59 Å². The largest absolute Gasteiger partial charge is 0.345 e. The molecular weight excluding hydrogens is 350 g/mol. The Labute approximate surface area is 154 Å². The molecule has 26 heavy (non-hydrogen) atoms. The molecule has 1 aliphatic heterocycles. The van der Waals surface area contributed by atoms with Gasteiger partial charge in [0.25, 0.3) is 11.5 Å². The predicted octanol–water partition coefficient (Wildman–Crippen LogP) is 1.65. The average Bonchev–Trinajstić information content (AvgIpc) is 3.23. The Bertz CT molecular complexity index is 947. The molecule has 3 aromatic rings. The second-order valence-corrected chi connectivity index (χ2v) is 6.77. The lowest BCUT2D eigenvalue weighted by Crippen LogP contribution is -2.49. The number of aromatic nitrogens is 3. The van der Waals surface area contributed by atoms with Crippen molar-refractivity contribution in [3.8, 4) is 5.69 Å². The highest BCUT2D eigenvalue weighted by atomic mass is 32.1. The Kier molecular flexibility index (Phi) is 4.49. The van der Waals surface area contributed by atoms with Gasteiger partial charge in [0, 0.05) is 43.8 Å². The summed E-state index contributed by atoms with van der Waals surface area (Å²) < 4.78 is 1.26. The molecule has 8 heteroatoms. The van der Waals surface area contributed by atoms with Crippen LogP contribution in [0.3, 0.4) is 0 Å². The third-order valence-corrected chi connectivity index (χ3v) is 5.11. The van der Waals surface area contributed by atoms with Crippen LogP contribution in [-0.4, -0.2) is 51.8 Å². The van der Waals surface area contributed by atoms with Crippen LogP contribution in [0.1, 0.15) is 10.5 Å². The van der Waals surface area contributed by atoms with Crippen molar-refractivity contribution < 1.29 is 4.79 Å². The normalized spacial score (nSPS) is 14.5. The Morgan fingerprint density at radius 1 is 1.00 bits per heavy atom. The van der Waals surface area contributed by atoms with E-state index in [0.29, 0.717) is 18.8 Å². The Hall–Kier alpha value is -3.00. The first-order valence-corrected chi connectivity index (χ1v) is 9.20. The van der Waals surface area contributed by atoms with E-state index in [1.54, 1.807) is 34.6 Å². The lowest BCUT2D eigenvalue weighted by atomic mass is 10.2. The van der Waals surface area contributed by atoms with Crippen molar-refractivity contribution in [3.05, 3.63) is 70.1 Å². The van der Waals surface area contributed by atoms with Gasteiger partial charge in [-0.05, 0) is 18.2 Å². The molecule has 0 atom stereocenters. The van der Waals surface area contributed by atoms with Gasteiger partial charge < -0.3 is 9.80 Å². The van der Waals surface area contributed by atoms with E-state index >= 15 is 0 Å². The van der Waals surface area contributed by atoms with Gasteiger partial charge in [0.15, 0.2) is 5.13 Å². The van der Waals surface area contributed by atoms with Crippen LogP contribution in [0.15, 0.2) is 58.8 Å². The Morgan fingerprint density at radius 3 is 2.46 bits per heavy atom. The molecule has 4 rings (SSSR count). The fourth-order valence-electron chi connectivity index (χ4n) is 2.91. The van der Waals surface area contributed by atoms with Gasteiger partial charge >= 0.3 is 0 Å². The molecule has 0 radical (unpaired) electrons. The lowest BCUT2D eigenvalue weighted by molar-refractivity contribution is 0.0738. The summed E-state index contributed by atoms with van der Waals surface area (Å²) >= 11 is 1.60. The minimum Gasteiger partial charge on any atom is -0.345 e. The molecule has 7 nitrogen and oxygen atoms in total. The molecular formula is C18H17N5O2S. The number of amides is 1. The van der Waals surface area contributed by atoms with E-state index in [2.05, 4.69) is 15.0 Å². The highest BCUT2D eigenvalue weighted by Crippen LogP contribution is 2.19. The average molecular weight is 367 g/mol. The van der Waals surface area contributed by atoms with E-state index < -0.39 is 0 Å². The number of rotatable bonds is 3. The number of para-hydroxylation sites is 1. The third-order valence-electron chi connectivity index (χ3n) is 4.28. The Balaban J connectivity index is 1.51. The summed E-state index contributed by atoms with van der Waals surface area (Å²) in [5.41, 5.74) is 0.651. The van der Waals surface area contributed by atoms with Crippen molar-refractivity contribution in [2.24, 2.45) is 0 Å². The maximum Gasteiger partial charge on any atom is 0.274 e. The van der Waals surface area contributed by atoms with Gasteiger partial charge in [-0.1, -0.05) is 18.2 Å². The molecule has 1 amide bonds. The number of anilines is 1. The predicted molar refractivity (Wildman–Crippen MR) is 100 cm³/mol. The van der Waals surface area contributed by atoms with Crippen LogP contribution < -0.4 is 10.5 Å².